The van der Waals surface area contributed by atoms with Gasteiger partial charge in [0.15, 0.2) is 0 Å². The molecule has 84 valence electrons. The molecule has 0 N–H and O–H groups in total. The van der Waals surface area contributed by atoms with Crippen molar-refractivity contribution in [2.24, 2.45) is 5.92 Å². The van der Waals surface area contributed by atoms with E-state index in [9.17, 15) is 0 Å². The summed E-state index contributed by atoms with van der Waals surface area (Å²) in [4.78, 5) is 0. The van der Waals surface area contributed by atoms with Crippen molar-refractivity contribution in [2.75, 3.05) is 0 Å². The summed E-state index contributed by atoms with van der Waals surface area (Å²) in [5.74, 6) is 3.46. The van der Waals surface area contributed by atoms with Gasteiger partial charge in [-0.25, -0.2) is 0 Å². The van der Waals surface area contributed by atoms with Crippen molar-refractivity contribution in [3.63, 3.8) is 0 Å². The predicted octanol–water partition coefficient (Wildman–Crippen LogP) is 4.33. The number of para-hydroxylation sites is 2. The highest BCUT2D eigenvalue weighted by Crippen LogP contribution is 2.54. The summed E-state index contributed by atoms with van der Waals surface area (Å²) in [5.41, 5.74) is 2.74. The maximum Gasteiger partial charge on any atom is 0.131 e. The van der Waals surface area contributed by atoms with Gasteiger partial charge in [-0.05, 0) is 30.9 Å². The smallest absolute Gasteiger partial charge is 0.131 e. The number of fused-ring (bicyclic) bond motifs is 2. The van der Waals surface area contributed by atoms with Gasteiger partial charge < -0.3 is 4.74 Å². The fraction of sp³-hybridized carbons (Fsp3) is 0.250. The molecule has 0 saturated heterocycles. The van der Waals surface area contributed by atoms with E-state index in [1.165, 1.54) is 24.0 Å². The predicted molar refractivity (Wildman–Crippen MR) is 67.5 cm³/mol. The van der Waals surface area contributed by atoms with Crippen LogP contribution in [0.1, 0.15) is 29.9 Å². The highest BCUT2D eigenvalue weighted by atomic mass is 16.5. The van der Waals surface area contributed by atoms with Crippen LogP contribution in [0.15, 0.2) is 48.5 Å². The molecule has 0 atom stereocenters. The lowest BCUT2D eigenvalue weighted by molar-refractivity contribution is 0.437. The summed E-state index contributed by atoms with van der Waals surface area (Å²) in [6.45, 7) is 0. The van der Waals surface area contributed by atoms with Gasteiger partial charge in [-0.1, -0.05) is 36.4 Å². The minimum atomic E-state index is 0.552. The van der Waals surface area contributed by atoms with Crippen LogP contribution in [0.2, 0.25) is 0 Å². The second kappa shape index (κ2) is 3.36. The molecule has 4 rings (SSSR count). The van der Waals surface area contributed by atoms with Crippen LogP contribution >= 0.6 is 0 Å². The number of hydrogen-bond acceptors (Lipinski definition) is 1. The first-order valence-corrected chi connectivity index (χ1v) is 6.29. The molecular weight excluding hydrogens is 208 g/mol. The molecule has 0 amide bonds. The van der Waals surface area contributed by atoms with Crippen molar-refractivity contribution < 1.29 is 4.74 Å². The third kappa shape index (κ3) is 1.39. The molecule has 17 heavy (non-hydrogen) atoms. The van der Waals surface area contributed by atoms with Gasteiger partial charge in [-0.2, -0.15) is 0 Å². The van der Waals surface area contributed by atoms with E-state index in [0.717, 1.165) is 17.4 Å². The SMILES string of the molecule is c1ccc2c(c1)Oc1ccccc1C2C1CC1. The van der Waals surface area contributed by atoms with Crippen molar-refractivity contribution in [3.8, 4) is 11.5 Å². The van der Waals surface area contributed by atoms with Gasteiger partial charge >= 0.3 is 0 Å². The zero-order valence-electron chi connectivity index (χ0n) is 9.60. The monoisotopic (exact) mass is 222 g/mol. The van der Waals surface area contributed by atoms with Crippen molar-refractivity contribution in [3.05, 3.63) is 59.7 Å². The van der Waals surface area contributed by atoms with E-state index in [0.29, 0.717) is 5.92 Å². The average Bonchev–Trinajstić information content (AvgIpc) is 3.20. The second-order valence-electron chi connectivity index (χ2n) is 4.99. The van der Waals surface area contributed by atoms with Crippen LogP contribution in [0.3, 0.4) is 0 Å². The molecule has 0 unspecified atom stereocenters. The van der Waals surface area contributed by atoms with Crippen molar-refractivity contribution in [2.45, 2.75) is 18.8 Å². The lowest BCUT2D eigenvalue weighted by Gasteiger charge is -2.28. The summed E-state index contributed by atoms with van der Waals surface area (Å²) in [6.07, 6.45) is 2.71. The summed E-state index contributed by atoms with van der Waals surface area (Å²) in [6, 6.07) is 16.9. The quantitative estimate of drug-likeness (QED) is 0.697. The minimum Gasteiger partial charge on any atom is -0.457 e. The maximum atomic E-state index is 5.99. The molecule has 0 aromatic heterocycles. The standard InChI is InChI=1S/C16H14O/c1-3-7-14-12(5-1)16(11-9-10-11)13-6-2-4-8-15(13)17-14/h1-8,11,16H,9-10H2. The van der Waals surface area contributed by atoms with Crippen LogP contribution in [0, 0.1) is 5.92 Å². The lowest BCUT2D eigenvalue weighted by Crippen LogP contribution is -2.11. The van der Waals surface area contributed by atoms with E-state index in [1.54, 1.807) is 0 Å². The molecule has 0 bridgehead atoms. The Bertz CT molecular complexity index is 524. The Morgan fingerprint density at radius 1 is 0.765 bits per heavy atom. The van der Waals surface area contributed by atoms with Crippen LogP contribution in [0.5, 0.6) is 11.5 Å². The Kier molecular flexibility index (Phi) is 1.84. The van der Waals surface area contributed by atoms with Crippen LogP contribution < -0.4 is 4.74 Å². The van der Waals surface area contributed by atoms with E-state index in [-0.39, 0.29) is 0 Å². The Hall–Kier alpha value is -1.76. The third-order valence-corrected chi connectivity index (χ3v) is 3.82. The fourth-order valence-electron chi connectivity index (χ4n) is 2.88. The highest BCUT2D eigenvalue weighted by Gasteiger charge is 2.38. The summed E-state index contributed by atoms with van der Waals surface area (Å²) in [5, 5.41) is 0. The highest BCUT2D eigenvalue weighted by molar-refractivity contribution is 5.54. The topological polar surface area (TPSA) is 9.23 Å². The van der Waals surface area contributed by atoms with Gasteiger partial charge in [0.05, 0.1) is 0 Å². The number of benzene rings is 2. The van der Waals surface area contributed by atoms with E-state index >= 15 is 0 Å². The van der Waals surface area contributed by atoms with E-state index in [2.05, 4.69) is 48.5 Å². The molecule has 0 spiro atoms. The van der Waals surface area contributed by atoms with Crippen LogP contribution in [-0.4, -0.2) is 0 Å². The minimum absolute atomic E-state index is 0.552. The molecule has 1 fully saturated rings. The summed E-state index contributed by atoms with van der Waals surface area (Å²) >= 11 is 0. The first-order valence-electron chi connectivity index (χ1n) is 6.29. The largest absolute Gasteiger partial charge is 0.457 e. The van der Waals surface area contributed by atoms with E-state index in [4.69, 9.17) is 4.74 Å². The van der Waals surface area contributed by atoms with Crippen molar-refractivity contribution in [1.82, 2.24) is 0 Å². The average molecular weight is 222 g/mol. The molecule has 2 aromatic carbocycles. The van der Waals surface area contributed by atoms with Crippen LogP contribution in [0.25, 0.3) is 0 Å². The molecule has 1 aliphatic heterocycles. The molecule has 2 aromatic rings. The van der Waals surface area contributed by atoms with E-state index < -0.39 is 0 Å². The molecule has 1 nitrogen and oxygen atoms in total. The van der Waals surface area contributed by atoms with Gasteiger partial charge in [0.1, 0.15) is 11.5 Å². The Morgan fingerprint density at radius 3 is 1.82 bits per heavy atom. The Balaban J connectivity index is 1.93. The van der Waals surface area contributed by atoms with Crippen LogP contribution in [0.4, 0.5) is 0 Å². The van der Waals surface area contributed by atoms with E-state index in [1.807, 2.05) is 0 Å². The first-order chi connectivity index (χ1) is 8.43. The Morgan fingerprint density at radius 2 is 1.29 bits per heavy atom. The number of rotatable bonds is 1. The number of ether oxygens (including phenoxy) is 1. The molecule has 1 heterocycles. The summed E-state index contributed by atoms with van der Waals surface area (Å²) < 4.78 is 5.99. The molecule has 1 aliphatic carbocycles. The van der Waals surface area contributed by atoms with Gasteiger partial charge in [0, 0.05) is 17.0 Å². The molecular formula is C16H14O. The zero-order chi connectivity index (χ0) is 11.2. The fourth-order valence-corrected chi connectivity index (χ4v) is 2.88. The maximum absolute atomic E-state index is 5.99. The Labute approximate surface area is 101 Å². The summed E-state index contributed by atoms with van der Waals surface area (Å²) in [7, 11) is 0. The van der Waals surface area contributed by atoms with Crippen molar-refractivity contribution >= 4 is 0 Å². The molecule has 1 saturated carbocycles. The van der Waals surface area contributed by atoms with Gasteiger partial charge in [0.25, 0.3) is 0 Å². The molecule has 2 aliphatic rings. The first kappa shape index (κ1) is 9.29. The number of hydrogen-bond donors (Lipinski definition) is 0. The van der Waals surface area contributed by atoms with Gasteiger partial charge in [-0.15, -0.1) is 0 Å². The van der Waals surface area contributed by atoms with Gasteiger partial charge in [0.2, 0.25) is 0 Å². The normalized spacial score (nSPS) is 18.1. The molecule has 1 heteroatoms. The van der Waals surface area contributed by atoms with Gasteiger partial charge in [-0.3, -0.25) is 0 Å². The van der Waals surface area contributed by atoms with Crippen molar-refractivity contribution in [1.29, 1.82) is 0 Å². The van der Waals surface area contributed by atoms with Crippen LogP contribution in [-0.2, 0) is 0 Å². The lowest BCUT2D eigenvalue weighted by atomic mass is 9.84. The molecule has 0 radical (unpaired) electrons. The third-order valence-electron chi connectivity index (χ3n) is 3.82. The second-order valence-corrected chi connectivity index (χ2v) is 4.99. The zero-order valence-corrected chi connectivity index (χ0v) is 9.60.